The molecule has 0 unspecified atom stereocenters. The Hall–Kier alpha value is -0.480. The van der Waals surface area contributed by atoms with Crippen molar-refractivity contribution in [3.05, 3.63) is 33.8 Å². The summed E-state index contributed by atoms with van der Waals surface area (Å²) in [5, 5.41) is 3.07. The first-order valence-electron chi connectivity index (χ1n) is 5.01. The zero-order chi connectivity index (χ0) is 10.8. The molecule has 0 bridgehead atoms. The molecule has 1 aromatic carbocycles. The first kappa shape index (κ1) is 11.0. The third-order valence-corrected chi connectivity index (χ3v) is 3.00. The van der Waals surface area contributed by atoms with Crippen molar-refractivity contribution in [3.8, 4) is 0 Å². The van der Waals surface area contributed by atoms with E-state index in [-0.39, 0.29) is 12.1 Å². The van der Waals surface area contributed by atoms with Crippen molar-refractivity contribution < 1.29 is 8.78 Å². The maximum absolute atomic E-state index is 13.3. The van der Waals surface area contributed by atoms with Gasteiger partial charge in [0.15, 0.2) is 0 Å². The van der Waals surface area contributed by atoms with Crippen molar-refractivity contribution in [2.45, 2.75) is 19.4 Å². The number of hydrogen-bond donors (Lipinski definition) is 1. The predicted molar refractivity (Wildman–Crippen MR) is 58.5 cm³/mol. The van der Waals surface area contributed by atoms with E-state index in [2.05, 4.69) is 21.2 Å². The molecule has 1 aromatic rings. The second-order valence-corrected chi connectivity index (χ2v) is 4.84. The summed E-state index contributed by atoms with van der Waals surface area (Å²) in [4.78, 5) is 0. The maximum atomic E-state index is 13.3. The molecule has 15 heavy (non-hydrogen) atoms. The Morgan fingerprint density at radius 3 is 2.40 bits per heavy atom. The lowest BCUT2D eigenvalue weighted by Gasteiger charge is -2.07. The molecule has 0 spiro atoms. The van der Waals surface area contributed by atoms with Gasteiger partial charge in [-0.3, -0.25) is 0 Å². The molecule has 1 aliphatic carbocycles. The van der Waals surface area contributed by atoms with Crippen LogP contribution in [-0.4, -0.2) is 6.54 Å². The van der Waals surface area contributed by atoms with Gasteiger partial charge in [-0.1, -0.05) is 15.9 Å². The molecule has 1 saturated carbocycles. The number of nitrogens with one attached hydrogen (secondary N) is 1. The fourth-order valence-electron chi connectivity index (χ4n) is 1.46. The highest BCUT2D eigenvalue weighted by atomic mass is 79.9. The summed E-state index contributed by atoms with van der Waals surface area (Å²) in [5.41, 5.74) is 0.124. The minimum absolute atomic E-state index is 0.124. The van der Waals surface area contributed by atoms with Crippen LogP contribution in [0.15, 0.2) is 16.6 Å². The van der Waals surface area contributed by atoms with Crippen LogP contribution in [0.4, 0.5) is 8.78 Å². The van der Waals surface area contributed by atoms with Gasteiger partial charge in [0, 0.05) is 16.6 Å². The Bertz CT molecular complexity index is 341. The van der Waals surface area contributed by atoms with Crippen molar-refractivity contribution in [2.75, 3.05) is 6.54 Å². The average molecular weight is 276 g/mol. The van der Waals surface area contributed by atoms with Gasteiger partial charge in [-0.05, 0) is 37.4 Å². The second-order valence-electron chi connectivity index (χ2n) is 3.92. The molecule has 0 saturated heterocycles. The van der Waals surface area contributed by atoms with Gasteiger partial charge >= 0.3 is 0 Å². The fourth-order valence-corrected chi connectivity index (χ4v) is 1.87. The van der Waals surface area contributed by atoms with E-state index in [0.29, 0.717) is 10.4 Å². The number of rotatable bonds is 4. The molecule has 0 heterocycles. The minimum atomic E-state index is -0.495. The van der Waals surface area contributed by atoms with Crippen molar-refractivity contribution in [1.82, 2.24) is 5.32 Å². The Labute approximate surface area is 96.0 Å². The van der Waals surface area contributed by atoms with Gasteiger partial charge < -0.3 is 5.32 Å². The Morgan fingerprint density at radius 1 is 1.27 bits per heavy atom. The van der Waals surface area contributed by atoms with Crippen LogP contribution in [0.1, 0.15) is 18.4 Å². The molecule has 82 valence electrons. The van der Waals surface area contributed by atoms with Gasteiger partial charge in [0.1, 0.15) is 11.6 Å². The normalized spacial score (nSPS) is 15.7. The van der Waals surface area contributed by atoms with Gasteiger partial charge in [0.05, 0.1) is 0 Å². The summed E-state index contributed by atoms with van der Waals surface area (Å²) in [5.74, 6) is -0.276. The van der Waals surface area contributed by atoms with Gasteiger partial charge in [-0.25, -0.2) is 8.78 Å². The lowest BCUT2D eigenvalue weighted by atomic mass is 10.2. The van der Waals surface area contributed by atoms with Crippen LogP contribution in [0, 0.1) is 17.6 Å². The number of benzene rings is 1. The molecule has 1 aliphatic rings. The molecule has 0 atom stereocenters. The van der Waals surface area contributed by atoms with Gasteiger partial charge in [-0.15, -0.1) is 0 Å². The molecule has 1 N–H and O–H groups in total. The first-order valence-corrected chi connectivity index (χ1v) is 5.80. The third-order valence-electron chi connectivity index (χ3n) is 2.54. The van der Waals surface area contributed by atoms with E-state index in [1.807, 2.05) is 0 Å². The van der Waals surface area contributed by atoms with Crippen LogP contribution in [0.25, 0.3) is 0 Å². The Kier molecular flexibility index (Phi) is 3.36. The van der Waals surface area contributed by atoms with E-state index in [0.717, 1.165) is 6.54 Å². The SMILES string of the molecule is Fc1cc(Br)cc(F)c1CNCC1CC1. The van der Waals surface area contributed by atoms with E-state index in [1.54, 1.807) is 0 Å². The molecule has 0 amide bonds. The summed E-state index contributed by atoms with van der Waals surface area (Å²) in [6.45, 7) is 1.12. The maximum Gasteiger partial charge on any atom is 0.131 e. The van der Waals surface area contributed by atoms with E-state index in [1.165, 1.54) is 25.0 Å². The van der Waals surface area contributed by atoms with Crippen molar-refractivity contribution in [1.29, 1.82) is 0 Å². The van der Waals surface area contributed by atoms with E-state index in [9.17, 15) is 8.78 Å². The highest BCUT2D eigenvalue weighted by Gasteiger charge is 2.20. The molecule has 2 rings (SSSR count). The standard InChI is InChI=1S/C11H12BrF2N/c12-8-3-10(13)9(11(14)4-8)6-15-5-7-1-2-7/h3-4,7,15H,1-2,5-6H2. The van der Waals surface area contributed by atoms with Crippen LogP contribution in [0.5, 0.6) is 0 Å². The third kappa shape index (κ3) is 2.98. The van der Waals surface area contributed by atoms with Crippen molar-refractivity contribution in [3.63, 3.8) is 0 Å². The summed E-state index contributed by atoms with van der Waals surface area (Å²) >= 11 is 3.05. The quantitative estimate of drug-likeness (QED) is 0.890. The Morgan fingerprint density at radius 2 is 1.87 bits per heavy atom. The summed E-state index contributed by atoms with van der Waals surface area (Å²) in [6, 6.07) is 2.58. The van der Waals surface area contributed by atoms with Gasteiger partial charge in [0.2, 0.25) is 0 Å². The number of halogens is 3. The summed E-state index contributed by atoms with van der Waals surface area (Å²) < 4.78 is 27.1. The van der Waals surface area contributed by atoms with E-state index < -0.39 is 11.6 Å². The van der Waals surface area contributed by atoms with Crippen LogP contribution in [0.3, 0.4) is 0 Å². The van der Waals surface area contributed by atoms with Gasteiger partial charge in [-0.2, -0.15) is 0 Å². The molecule has 4 heteroatoms. The monoisotopic (exact) mass is 275 g/mol. The molecule has 1 fully saturated rings. The van der Waals surface area contributed by atoms with E-state index in [4.69, 9.17) is 0 Å². The molecule has 0 aromatic heterocycles. The zero-order valence-corrected chi connectivity index (χ0v) is 9.78. The topological polar surface area (TPSA) is 12.0 Å². The largest absolute Gasteiger partial charge is 0.312 e. The Balaban J connectivity index is 1.99. The van der Waals surface area contributed by atoms with Gasteiger partial charge in [0.25, 0.3) is 0 Å². The highest BCUT2D eigenvalue weighted by molar-refractivity contribution is 9.10. The molecule has 1 nitrogen and oxygen atoms in total. The molecular weight excluding hydrogens is 264 g/mol. The number of hydrogen-bond acceptors (Lipinski definition) is 1. The highest BCUT2D eigenvalue weighted by Crippen LogP contribution is 2.27. The lowest BCUT2D eigenvalue weighted by molar-refractivity contribution is 0.529. The van der Waals surface area contributed by atoms with Crippen molar-refractivity contribution in [2.24, 2.45) is 5.92 Å². The van der Waals surface area contributed by atoms with E-state index >= 15 is 0 Å². The zero-order valence-electron chi connectivity index (χ0n) is 8.19. The minimum Gasteiger partial charge on any atom is -0.312 e. The van der Waals surface area contributed by atoms with Crippen molar-refractivity contribution >= 4 is 15.9 Å². The molecule has 0 radical (unpaired) electrons. The lowest BCUT2D eigenvalue weighted by Crippen LogP contribution is -2.18. The summed E-state index contributed by atoms with van der Waals surface area (Å²) in [7, 11) is 0. The second kappa shape index (κ2) is 4.58. The van der Waals surface area contributed by atoms with Crippen LogP contribution in [0.2, 0.25) is 0 Å². The van der Waals surface area contributed by atoms with Crippen LogP contribution < -0.4 is 5.32 Å². The van der Waals surface area contributed by atoms with Crippen LogP contribution in [-0.2, 0) is 6.54 Å². The predicted octanol–water partition coefficient (Wildman–Crippen LogP) is 3.23. The molecule has 0 aliphatic heterocycles. The first-order chi connectivity index (χ1) is 7.16. The fraction of sp³-hybridized carbons (Fsp3) is 0.455. The summed E-state index contributed by atoms with van der Waals surface area (Å²) in [6.07, 6.45) is 2.47. The van der Waals surface area contributed by atoms with Crippen LogP contribution >= 0.6 is 15.9 Å². The average Bonchev–Trinajstić information content (AvgIpc) is 2.93. The molecular formula is C11H12BrF2N. The smallest absolute Gasteiger partial charge is 0.131 e.